The Labute approximate surface area is 119 Å². The van der Waals surface area contributed by atoms with Gasteiger partial charge in [0.2, 0.25) is 5.91 Å². The van der Waals surface area contributed by atoms with E-state index in [2.05, 4.69) is 15.5 Å². The summed E-state index contributed by atoms with van der Waals surface area (Å²) in [6, 6.07) is 9.98. The second-order valence-electron chi connectivity index (χ2n) is 4.03. The van der Waals surface area contributed by atoms with Crippen LogP contribution in [0.5, 0.6) is 0 Å². The Morgan fingerprint density at radius 2 is 2.19 bits per heavy atom. The molecule has 1 aromatic carbocycles. The fraction of sp³-hybridized carbons (Fsp3) is 0. The van der Waals surface area contributed by atoms with Crippen molar-refractivity contribution in [2.75, 3.05) is 5.32 Å². The number of rotatable bonds is 4. The topological polar surface area (TPSA) is 119 Å². The zero-order valence-electron chi connectivity index (χ0n) is 10.7. The number of carbonyl (C=O) groups is 2. The number of anilines is 1. The predicted octanol–water partition coefficient (Wildman–Crippen LogP) is 1.63. The summed E-state index contributed by atoms with van der Waals surface area (Å²) in [7, 11) is 0. The summed E-state index contributed by atoms with van der Waals surface area (Å²) in [5, 5.41) is 25.8. The molecule has 0 saturated heterocycles. The van der Waals surface area contributed by atoms with Crippen LogP contribution in [0.4, 0.5) is 5.82 Å². The molecular weight excluding hydrogens is 272 g/mol. The summed E-state index contributed by atoms with van der Waals surface area (Å²) in [4.78, 5) is 22.3. The molecule has 0 fully saturated rings. The van der Waals surface area contributed by atoms with Crippen molar-refractivity contribution in [1.82, 2.24) is 10.2 Å². The third-order valence-electron chi connectivity index (χ3n) is 2.50. The first kappa shape index (κ1) is 14.0. The fourth-order valence-corrected chi connectivity index (χ4v) is 1.55. The lowest BCUT2D eigenvalue weighted by atomic mass is 10.1. The first-order valence-corrected chi connectivity index (χ1v) is 5.86. The van der Waals surface area contributed by atoms with E-state index in [1.165, 1.54) is 12.1 Å². The Balaban J connectivity index is 2.02. The van der Waals surface area contributed by atoms with Gasteiger partial charge < -0.3 is 10.4 Å². The minimum absolute atomic E-state index is 0.115. The van der Waals surface area contributed by atoms with Crippen molar-refractivity contribution in [2.45, 2.75) is 0 Å². The van der Waals surface area contributed by atoms with E-state index < -0.39 is 11.9 Å². The van der Waals surface area contributed by atoms with Crippen molar-refractivity contribution in [1.29, 1.82) is 5.26 Å². The number of nitrogens with zero attached hydrogens (tertiary/aromatic N) is 2. The number of H-pyrrole nitrogens is 1. The number of aromatic amines is 1. The first-order chi connectivity index (χ1) is 10.1. The smallest absolute Gasteiger partial charge is 0.353 e. The van der Waals surface area contributed by atoms with Gasteiger partial charge >= 0.3 is 5.97 Å². The summed E-state index contributed by atoms with van der Waals surface area (Å²) in [6.07, 6.45) is 2.81. The molecule has 1 heterocycles. The number of aromatic carboxylic acids is 1. The molecule has 0 aliphatic heterocycles. The van der Waals surface area contributed by atoms with E-state index in [4.69, 9.17) is 10.4 Å². The summed E-state index contributed by atoms with van der Waals surface area (Å²) in [6.45, 7) is 0. The van der Waals surface area contributed by atoms with Crippen molar-refractivity contribution >= 4 is 23.8 Å². The highest BCUT2D eigenvalue weighted by Gasteiger charge is 2.08. The Hall–Kier alpha value is -3.40. The molecule has 2 aromatic rings. The van der Waals surface area contributed by atoms with E-state index in [1.54, 1.807) is 30.3 Å². The van der Waals surface area contributed by atoms with Crippen LogP contribution >= 0.6 is 0 Å². The van der Waals surface area contributed by atoms with Gasteiger partial charge in [-0.1, -0.05) is 12.1 Å². The van der Waals surface area contributed by atoms with E-state index in [0.29, 0.717) is 11.1 Å². The quantitative estimate of drug-likeness (QED) is 0.736. The minimum Gasteiger partial charge on any atom is -0.477 e. The maximum atomic E-state index is 11.7. The zero-order valence-corrected chi connectivity index (χ0v) is 10.7. The lowest BCUT2D eigenvalue weighted by Gasteiger charge is -1.96. The van der Waals surface area contributed by atoms with Gasteiger partial charge in [-0.15, -0.1) is 0 Å². The average Bonchev–Trinajstić information content (AvgIpc) is 2.94. The molecule has 2 rings (SSSR count). The van der Waals surface area contributed by atoms with Gasteiger partial charge in [0.25, 0.3) is 0 Å². The zero-order chi connectivity index (χ0) is 15.2. The number of carbonyl (C=O) groups excluding carboxylic acids is 1. The molecule has 7 heteroatoms. The van der Waals surface area contributed by atoms with E-state index in [0.717, 1.165) is 0 Å². The third kappa shape index (κ3) is 3.78. The van der Waals surface area contributed by atoms with E-state index in [1.807, 2.05) is 6.07 Å². The van der Waals surface area contributed by atoms with Crippen molar-refractivity contribution in [3.8, 4) is 6.07 Å². The molecule has 0 aliphatic carbocycles. The molecular formula is C14H10N4O3. The van der Waals surface area contributed by atoms with Gasteiger partial charge in [0, 0.05) is 12.1 Å². The Morgan fingerprint density at radius 1 is 1.38 bits per heavy atom. The van der Waals surface area contributed by atoms with Crippen LogP contribution in [0, 0.1) is 11.3 Å². The van der Waals surface area contributed by atoms with Crippen LogP contribution < -0.4 is 5.32 Å². The van der Waals surface area contributed by atoms with Crippen molar-refractivity contribution in [3.05, 3.63) is 53.2 Å². The Morgan fingerprint density at radius 3 is 2.86 bits per heavy atom. The van der Waals surface area contributed by atoms with Crippen LogP contribution in [0.25, 0.3) is 6.08 Å². The normalized spacial score (nSPS) is 10.2. The van der Waals surface area contributed by atoms with Gasteiger partial charge in [-0.25, -0.2) is 4.79 Å². The molecule has 1 aromatic heterocycles. The van der Waals surface area contributed by atoms with E-state index >= 15 is 0 Å². The van der Waals surface area contributed by atoms with Crippen LogP contribution in [0.2, 0.25) is 0 Å². The number of amides is 1. The van der Waals surface area contributed by atoms with Gasteiger partial charge in [0.1, 0.15) is 5.69 Å². The van der Waals surface area contributed by atoms with Gasteiger partial charge in [-0.3, -0.25) is 9.89 Å². The molecule has 3 N–H and O–H groups in total. The monoisotopic (exact) mass is 282 g/mol. The largest absolute Gasteiger partial charge is 0.477 e. The second kappa shape index (κ2) is 6.16. The number of nitrogens with one attached hydrogen (secondary N) is 2. The predicted molar refractivity (Wildman–Crippen MR) is 74.4 cm³/mol. The van der Waals surface area contributed by atoms with Crippen LogP contribution in [0.3, 0.4) is 0 Å². The molecule has 0 radical (unpaired) electrons. The highest BCUT2D eigenvalue weighted by Crippen LogP contribution is 2.08. The fourth-order valence-electron chi connectivity index (χ4n) is 1.55. The van der Waals surface area contributed by atoms with Crippen molar-refractivity contribution < 1.29 is 14.7 Å². The molecule has 7 nitrogen and oxygen atoms in total. The van der Waals surface area contributed by atoms with Gasteiger partial charge in [0.05, 0.1) is 11.6 Å². The van der Waals surface area contributed by atoms with Gasteiger partial charge in [0.15, 0.2) is 5.82 Å². The minimum atomic E-state index is -1.16. The second-order valence-corrected chi connectivity index (χ2v) is 4.03. The maximum absolute atomic E-state index is 11.7. The Kier molecular flexibility index (Phi) is 4.11. The standard InChI is InChI=1S/C14H10N4O3/c15-8-10-3-1-2-9(6-10)4-5-13(19)16-12-7-11(14(20)21)17-18-12/h1-7H,(H,20,21)(H2,16,17,18,19). The number of nitriles is 1. The van der Waals surface area contributed by atoms with Crippen LogP contribution in [-0.4, -0.2) is 27.2 Å². The third-order valence-corrected chi connectivity index (χ3v) is 2.50. The lowest BCUT2D eigenvalue weighted by molar-refractivity contribution is -0.111. The molecule has 0 aliphatic rings. The first-order valence-electron chi connectivity index (χ1n) is 5.86. The van der Waals surface area contributed by atoms with Gasteiger partial charge in [-0.2, -0.15) is 10.4 Å². The highest BCUT2D eigenvalue weighted by molar-refractivity contribution is 6.01. The number of hydrogen-bond donors (Lipinski definition) is 3. The molecule has 104 valence electrons. The number of aromatic nitrogens is 2. The van der Waals surface area contributed by atoms with Crippen molar-refractivity contribution in [2.24, 2.45) is 0 Å². The molecule has 0 unspecified atom stereocenters. The van der Waals surface area contributed by atoms with E-state index in [9.17, 15) is 9.59 Å². The molecule has 0 atom stereocenters. The lowest BCUT2D eigenvalue weighted by Crippen LogP contribution is -2.07. The molecule has 1 amide bonds. The maximum Gasteiger partial charge on any atom is 0.353 e. The van der Waals surface area contributed by atoms with Crippen LogP contribution in [0.1, 0.15) is 21.6 Å². The molecule has 0 saturated carbocycles. The van der Waals surface area contributed by atoms with Crippen LogP contribution in [0.15, 0.2) is 36.4 Å². The molecule has 0 bridgehead atoms. The van der Waals surface area contributed by atoms with Crippen molar-refractivity contribution in [3.63, 3.8) is 0 Å². The summed E-state index contributed by atoms with van der Waals surface area (Å²) >= 11 is 0. The number of carboxylic acids is 1. The average molecular weight is 282 g/mol. The summed E-state index contributed by atoms with van der Waals surface area (Å²) in [5.74, 6) is -1.50. The summed E-state index contributed by atoms with van der Waals surface area (Å²) < 4.78 is 0. The molecule has 0 spiro atoms. The van der Waals surface area contributed by atoms with Gasteiger partial charge in [-0.05, 0) is 23.8 Å². The SMILES string of the molecule is N#Cc1cccc(C=CC(=O)Nc2cc(C(=O)O)[nH]n2)c1. The number of hydrogen-bond acceptors (Lipinski definition) is 4. The molecule has 21 heavy (non-hydrogen) atoms. The highest BCUT2D eigenvalue weighted by atomic mass is 16.4. The summed E-state index contributed by atoms with van der Waals surface area (Å²) in [5.41, 5.74) is 1.09. The number of carboxylic acid groups (broad SMARTS) is 1. The Bertz CT molecular complexity index is 756. The van der Waals surface area contributed by atoms with E-state index in [-0.39, 0.29) is 11.5 Å². The van der Waals surface area contributed by atoms with Crippen LogP contribution in [-0.2, 0) is 4.79 Å². The number of benzene rings is 1.